The predicted molar refractivity (Wildman–Crippen MR) is 72.5 cm³/mol. The first-order chi connectivity index (χ1) is 7.74. The number of likely N-dealkylation sites (N-methyl/N-ethyl adjacent to an activating group) is 1. The van der Waals surface area contributed by atoms with Crippen molar-refractivity contribution in [2.45, 2.75) is 40.3 Å². The van der Waals surface area contributed by atoms with Gasteiger partial charge in [0.25, 0.3) is 0 Å². The van der Waals surface area contributed by atoms with Gasteiger partial charge in [0, 0.05) is 25.2 Å². The highest BCUT2D eigenvalue weighted by molar-refractivity contribution is 4.68. The molecule has 1 N–H and O–H groups in total. The van der Waals surface area contributed by atoms with Crippen LogP contribution in [0.3, 0.4) is 0 Å². The minimum absolute atomic E-state index is 0. The maximum atomic E-state index is 5.27. The average Bonchev–Trinajstić information content (AvgIpc) is 2.31. The Morgan fingerprint density at radius 1 is 1.18 bits per heavy atom. The van der Waals surface area contributed by atoms with Gasteiger partial charge in [0.15, 0.2) is 0 Å². The minimum Gasteiger partial charge on any atom is -0.379 e. The van der Waals surface area contributed by atoms with Gasteiger partial charge in [-0.1, -0.05) is 14.4 Å². The van der Waals surface area contributed by atoms with Crippen molar-refractivity contribution in [1.29, 1.82) is 0 Å². The molecule has 4 nitrogen and oxygen atoms in total. The molecule has 2 rings (SSSR count). The number of rotatable bonds is 1. The second kappa shape index (κ2) is 9.83. The van der Waals surface area contributed by atoms with E-state index in [-0.39, 0.29) is 7.43 Å². The topological polar surface area (TPSA) is 33.7 Å². The molecule has 0 unspecified atom stereocenters. The lowest BCUT2D eigenvalue weighted by atomic mass is 10.2. The Bertz CT molecular complexity index is 173. The Balaban J connectivity index is 0.000000292. The van der Waals surface area contributed by atoms with Gasteiger partial charge >= 0.3 is 0 Å². The van der Waals surface area contributed by atoms with Crippen LogP contribution in [0.2, 0.25) is 0 Å². The van der Waals surface area contributed by atoms with Gasteiger partial charge in [-0.25, -0.2) is 0 Å². The zero-order valence-electron chi connectivity index (χ0n) is 10.9. The highest BCUT2D eigenvalue weighted by atomic mass is 16.5. The Morgan fingerprint density at radius 2 is 1.88 bits per heavy atom. The van der Waals surface area contributed by atoms with Crippen LogP contribution >= 0.6 is 0 Å². The van der Waals surface area contributed by atoms with Gasteiger partial charge in [-0.15, -0.1) is 0 Å². The van der Waals surface area contributed by atoms with E-state index in [2.05, 4.69) is 31.0 Å². The van der Waals surface area contributed by atoms with Crippen molar-refractivity contribution in [2.24, 2.45) is 0 Å². The van der Waals surface area contributed by atoms with E-state index < -0.39 is 0 Å². The van der Waals surface area contributed by atoms with Crippen molar-refractivity contribution in [3.63, 3.8) is 0 Å². The molecule has 17 heavy (non-hydrogen) atoms. The summed E-state index contributed by atoms with van der Waals surface area (Å²) in [5, 5.41) is 3.26. The second-order valence-electron chi connectivity index (χ2n) is 4.48. The second-order valence-corrected chi connectivity index (χ2v) is 4.48. The van der Waals surface area contributed by atoms with Crippen molar-refractivity contribution in [3.05, 3.63) is 0 Å². The lowest BCUT2D eigenvalue weighted by Gasteiger charge is -2.31. The van der Waals surface area contributed by atoms with Gasteiger partial charge in [0.1, 0.15) is 0 Å². The maximum Gasteiger partial charge on any atom is 0.0619 e. The fraction of sp³-hybridized carbons (Fsp3) is 1.00. The van der Waals surface area contributed by atoms with Crippen LogP contribution in [0.1, 0.15) is 28.2 Å². The molecule has 4 heteroatoms. The van der Waals surface area contributed by atoms with Crippen molar-refractivity contribution >= 4 is 0 Å². The molecule has 2 aliphatic heterocycles. The molecule has 2 saturated heterocycles. The summed E-state index contributed by atoms with van der Waals surface area (Å²) in [7, 11) is 0. The summed E-state index contributed by atoms with van der Waals surface area (Å²) in [5.74, 6) is 0. The van der Waals surface area contributed by atoms with Crippen LogP contribution in [0.25, 0.3) is 0 Å². The fourth-order valence-corrected chi connectivity index (χ4v) is 1.93. The minimum atomic E-state index is 0. The van der Waals surface area contributed by atoms with Crippen molar-refractivity contribution in [1.82, 2.24) is 10.2 Å². The molecule has 0 radical (unpaired) electrons. The first kappa shape index (κ1) is 16.8. The van der Waals surface area contributed by atoms with E-state index in [0.29, 0.717) is 12.1 Å². The zero-order chi connectivity index (χ0) is 11.8. The van der Waals surface area contributed by atoms with Gasteiger partial charge in [0.2, 0.25) is 0 Å². The van der Waals surface area contributed by atoms with Gasteiger partial charge in [-0.05, 0) is 20.4 Å². The molecule has 0 spiro atoms. The third kappa shape index (κ3) is 6.99. The summed E-state index contributed by atoms with van der Waals surface area (Å²) in [6.45, 7) is 13.4. The Morgan fingerprint density at radius 3 is 2.24 bits per heavy atom. The van der Waals surface area contributed by atoms with Crippen LogP contribution in [0.4, 0.5) is 0 Å². The van der Waals surface area contributed by atoms with Crippen LogP contribution in [-0.4, -0.2) is 63.0 Å². The summed E-state index contributed by atoms with van der Waals surface area (Å²) in [6.07, 6.45) is 0. The van der Waals surface area contributed by atoms with Gasteiger partial charge in [-0.3, -0.25) is 4.90 Å². The summed E-state index contributed by atoms with van der Waals surface area (Å²) in [5.41, 5.74) is 0. The normalized spacial score (nSPS) is 29.8. The van der Waals surface area contributed by atoms with Crippen LogP contribution in [0.15, 0.2) is 0 Å². The molecule has 0 saturated carbocycles. The van der Waals surface area contributed by atoms with E-state index in [9.17, 15) is 0 Å². The van der Waals surface area contributed by atoms with E-state index in [1.807, 2.05) is 0 Å². The third-order valence-corrected chi connectivity index (χ3v) is 3.02. The monoisotopic (exact) mass is 246 g/mol. The van der Waals surface area contributed by atoms with Gasteiger partial charge in [0.05, 0.1) is 26.4 Å². The van der Waals surface area contributed by atoms with Crippen LogP contribution < -0.4 is 5.32 Å². The summed E-state index contributed by atoms with van der Waals surface area (Å²) in [6, 6.07) is 1.19. The lowest BCUT2D eigenvalue weighted by Crippen LogP contribution is -2.43. The smallest absolute Gasteiger partial charge is 0.0619 e. The van der Waals surface area contributed by atoms with Crippen molar-refractivity contribution in [2.75, 3.05) is 46.1 Å². The van der Waals surface area contributed by atoms with E-state index in [1.165, 1.54) is 0 Å². The number of morpholine rings is 2. The molecule has 0 aromatic heterocycles. The molecule has 2 aliphatic rings. The molecule has 0 aromatic carbocycles. The zero-order valence-corrected chi connectivity index (χ0v) is 10.9. The van der Waals surface area contributed by atoms with Crippen molar-refractivity contribution < 1.29 is 9.47 Å². The van der Waals surface area contributed by atoms with Crippen molar-refractivity contribution in [3.8, 4) is 0 Å². The number of ether oxygens (including phenoxy) is 2. The van der Waals surface area contributed by atoms with Crippen LogP contribution in [0.5, 0.6) is 0 Å². The third-order valence-electron chi connectivity index (χ3n) is 3.02. The number of nitrogens with one attached hydrogen (secondary N) is 1. The molecular weight excluding hydrogens is 216 g/mol. The summed E-state index contributed by atoms with van der Waals surface area (Å²) in [4.78, 5) is 2.43. The molecule has 2 heterocycles. The average molecular weight is 246 g/mol. The molecule has 0 amide bonds. The van der Waals surface area contributed by atoms with E-state index in [1.54, 1.807) is 0 Å². The van der Waals surface area contributed by atoms with E-state index >= 15 is 0 Å². The maximum absolute atomic E-state index is 5.27. The molecule has 2 fully saturated rings. The highest BCUT2D eigenvalue weighted by Crippen LogP contribution is 2.03. The molecule has 0 bridgehead atoms. The van der Waals surface area contributed by atoms with Gasteiger partial charge in [-0.2, -0.15) is 0 Å². The number of nitrogens with zero attached hydrogens (tertiary/aromatic N) is 1. The fourth-order valence-electron chi connectivity index (χ4n) is 1.93. The first-order valence-electron chi connectivity index (χ1n) is 6.37. The predicted octanol–water partition coefficient (Wildman–Crippen LogP) is 1.36. The lowest BCUT2D eigenvalue weighted by molar-refractivity contribution is 0.00245. The number of hydrogen-bond donors (Lipinski definition) is 1. The van der Waals surface area contributed by atoms with E-state index in [4.69, 9.17) is 9.47 Å². The molecular formula is C13H30N2O2. The Labute approximate surface area is 107 Å². The molecule has 104 valence electrons. The summed E-state index contributed by atoms with van der Waals surface area (Å²) < 4.78 is 10.4. The summed E-state index contributed by atoms with van der Waals surface area (Å²) >= 11 is 0. The van der Waals surface area contributed by atoms with E-state index in [0.717, 1.165) is 46.1 Å². The highest BCUT2D eigenvalue weighted by Gasteiger charge is 2.15. The SMILES string of the molecule is C.CCN1CCOC[C@@H]1C.C[C@H]1COCCN1. The largest absolute Gasteiger partial charge is 0.379 e. The van der Waals surface area contributed by atoms with Gasteiger partial charge < -0.3 is 14.8 Å². The Hall–Kier alpha value is -0.160. The standard InChI is InChI=1S/C7H15NO.C5H11NO.CH4/c1-3-8-4-5-9-6-7(8)2;1-5-4-7-3-2-6-5;/h7H,3-6H2,1-2H3;5-6H,2-4H2,1H3;1H4/t7-;5-;/m00./s1. The quantitative estimate of drug-likeness (QED) is 0.757. The molecule has 0 aliphatic carbocycles. The molecule has 2 atom stereocenters. The first-order valence-corrected chi connectivity index (χ1v) is 6.37. The molecule has 0 aromatic rings. The van der Waals surface area contributed by atoms with Crippen LogP contribution in [-0.2, 0) is 9.47 Å². The Kier molecular flexibility index (Phi) is 9.74. The number of hydrogen-bond acceptors (Lipinski definition) is 4. The van der Waals surface area contributed by atoms with Crippen LogP contribution in [0, 0.1) is 0 Å².